The Balaban J connectivity index is 2.12. The zero-order valence-corrected chi connectivity index (χ0v) is 17.8. The smallest absolute Gasteiger partial charge is 0.146 e. The number of rotatable bonds is 4. The zero-order chi connectivity index (χ0) is 20.0. The molecule has 4 nitrogen and oxygen atoms in total. The highest BCUT2D eigenvalue weighted by molar-refractivity contribution is 5.82. The topological polar surface area (TPSA) is 55.8 Å². The number of aliphatic hydroxyl groups is 1. The maximum absolute atomic E-state index is 12.7. The molecule has 3 saturated carbocycles. The van der Waals surface area contributed by atoms with E-state index in [4.69, 9.17) is 9.47 Å². The molecule has 0 aromatic heterocycles. The van der Waals surface area contributed by atoms with Crippen LogP contribution in [-0.2, 0) is 14.3 Å². The summed E-state index contributed by atoms with van der Waals surface area (Å²) >= 11 is 0. The second-order valence-corrected chi connectivity index (χ2v) is 10.3. The number of ether oxygens (including phenoxy) is 2. The molecule has 27 heavy (non-hydrogen) atoms. The van der Waals surface area contributed by atoms with Crippen LogP contribution in [0.2, 0.25) is 0 Å². The van der Waals surface area contributed by atoms with E-state index in [9.17, 15) is 9.90 Å². The van der Waals surface area contributed by atoms with Crippen molar-refractivity contribution in [3.05, 3.63) is 12.7 Å². The Kier molecular flexibility index (Phi) is 5.66. The Morgan fingerprint density at radius 3 is 2.63 bits per heavy atom. The van der Waals surface area contributed by atoms with Gasteiger partial charge in [0.15, 0.2) is 0 Å². The van der Waals surface area contributed by atoms with Crippen LogP contribution >= 0.6 is 0 Å². The van der Waals surface area contributed by atoms with Gasteiger partial charge in [-0.2, -0.15) is 0 Å². The van der Waals surface area contributed by atoms with Gasteiger partial charge in [0, 0.05) is 24.9 Å². The molecule has 4 heteroatoms. The van der Waals surface area contributed by atoms with Crippen LogP contribution in [-0.4, -0.2) is 37.0 Å². The molecule has 1 spiro atoms. The fraction of sp³-hybridized carbons (Fsp3) is 0.870. The summed E-state index contributed by atoms with van der Waals surface area (Å²) in [6.45, 7) is 13.3. The number of hydrogen-bond acceptors (Lipinski definition) is 4. The van der Waals surface area contributed by atoms with Crippen molar-refractivity contribution < 1.29 is 19.4 Å². The molecule has 0 radical (unpaired) electrons. The van der Waals surface area contributed by atoms with E-state index >= 15 is 0 Å². The van der Waals surface area contributed by atoms with Crippen LogP contribution in [0, 0.1) is 34.0 Å². The number of carbonyl (C=O) groups is 1. The van der Waals surface area contributed by atoms with E-state index in [0.29, 0.717) is 24.5 Å². The van der Waals surface area contributed by atoms with Crippen molar-refractivity contribution in [2.45, 2.75) is 78.4 Å². The van der Waals surface area contributed by atoms with Gasteiger partial charge in [-0.15, -0.1) is 6.58 Å². The Morgan fingerprint density at radius 2 is 2.00 bits per heavy atom. The molecule has 2 unspecified atom stereocenters. The second-order valence-electron chi connectivity index (χ2n) is 10.3. The second kappa shape index (κ2) is 7.27. The number of ketones is 1. The van der Waals surface area contributed by atoms with Gasteiger partial charge in [0.25, 0.3) is 0 Å². The zero-order valence-electron chi connectivity index (χ0n) is 17.8. The molecule has 3 aliphatic rings. The lowest BCUT2D eigenvalue weighted by molar-refractivity contribution is -0.184. The van der Waals surface area contributed by atoms with Crippen molar-refractivity contribution in [1.82, 2.24) is 0 Å². The van der Waals surface area contributed by atoms with Gasteiger partial charge in [-0.1, -0.05) is 33.8 Å². The fourth-order valence-corrected chi connectivity index (χ4v) is 6.64. The minimum atomic E-state index is -0.442. The molecule has 3 bridgehead atoms. The number of hydrogen-bond donors (Lipinski definition) is 1. The third kappa shape index (κ3) is 3.32. The van der Waals surface area contributed by atoms with Gasteiger partial charge >= 0.3 is 0 Å². The Labute approximate surface area is 164 Å². The summed E-state index contributed by atoms with van der Waals surface area (Å²) in [5.41, 5.74) is -0.515. The van der Waals surface area contributed by atoms with E-state index < -0.39 is 6.10 Å². The fourth-order valence-electron chi connectivity index (χ4n) is 6.64. The number of methoxy groups -OCH3 is 1. The van der Waals surface area contributed by atoms with Crippen molar-refractivity contribution in [3.8, 4) is 0 Å². The third-order valence-corrected chi connectivity index (χ3v) is 8.77. The van der Waals surface area contributed by atoms with Crippen molar-refractivity contribution in [2.75, 3.05) is 13.9 Å². The minimum Gasteiger partial charge on any atom is -0.393 e. The quantitative estimate of drug-likeness (QED) is 0.583. The van der Waals surface area contributed by atoms with E-state index in [1.54, 1.807) is 7.11 Å². The van der Waals surface area contributed by atoms with Crippen molar-refractivity contribution in [3.63, 3.8) is 0 Å². The molecule has 0 aliphatic heterocycles. The maximum atomic E-state index is 12.7. The summed E-state index contributed by atoms with van der Waals surface area (Å²) in [6.07, 6.45) is 6.43. The van der Waals surface area contributed by atoms with E-state index in [-0.39, 0.29) is 41.0 Å². The summed E-state index contributed by atoms with van der Waals surface area (Å²) in [6, 6.07) is 0. The average Bonchev–Trinajstić information content (AvgIpc) is 2.72. The standard InChI is InChI=1S/C23H38O4/c1-7-21(4)12-19(25)22(5)13-23(16(3)20(21)27-14-26-6)9-8-18(24)17(11-23)10-15(22)2/h7,15-17,19-20,25H,1,8-14H2,2-6H3/t15-,16+,17?,19-,20+,21-,22+,23?/m1/s1. The van der Waals surface area contributed by atoms with Crippen LogP contribution in [0.15, 0.2) is 12.7 Å². The molecule has 0 aromatic carbocycles. The minimum absolute atomic E-state index is 0.0160. The van der Waals surface area contributed by atoms with Crippen LogP contribution in [0.4, 0.5) is 0 Å². The molecule has 154 valence electrons. The lowest BCUT2D eigenvalue weighted by atomic mass is 9.51. The Hall–Kier alpha value is -0.710. The number of carbonyl (C=O) groups excluding carboxylic acids is 1. The molecule has 3 rings (SSSR count). The van der Waals surface area contributed by atoms with Crippen LogP contribution in [0.5, 0.6) is 0 Å². The van der Waals surface area contributed by atoms with Gasteiger partial charge in [0.1, 0.15) is 12.6 Å². The van der Waals surface area contributed by atoms with Crippen molar-refractivity contribution >= 4 is 5.78 Å². The van der Waals surface area contributed by atoms with Crippen LogP contribution in [0.25, 0.3) is 0 Å². The highest BCUT2D eigenvalue weighted by Gasteiger charge is 2.59. The first kappa shape index (κ1) is 21.0. The van der Waals surface area contributed by atoms with E-state index in [1.165, 1.54) is 0 Å². The monoisotopic (exact) mass is 378 g/mol. The molecule has 3 aliphatic carbocycles. The first-order chi connectivity index (χ1) is 12.6. The van der Waals surface area contributed by atoms with Gasteiger partial charge < -0.3 is 14.6 Å². The molecule has 0 saturated heterocycles. The molecular formula is C23H38O4. The van der Waals surface area contributed by atoms with Crippen LogP contribution in [0.3, 0.4) is 0 Å². The van der Waals surface area contributed by atoms with Crippen molar-refractivity contribution in [1.29, 1.82) is 0 Å². The van der Waals surface area contributed by atoms with Crippen LogP contribution < -0.4 is 0 Å². The van der Waals surface area contributed by atoms with Gasteiger partial charge in [0.05, 0.1) is 12.2 Å². The lowest BCUT2D eigenvalue weighted by Crippen LogP contribution is -2.55. The lowest BCUT2D eigenvalue weighted by Gasteiger charge is -2.56. The predicted octanol–water partition coefficient (Wildman–Crippen LogP) is 4.36. The third-order valence-electron chi connectivity index (χ3n) is 8.77. The Morgan fingerprint density at radius 1 is 1.30 bits per heavy atom. The van der Waals surface area contributed by atoms with E-state index in [1.807, 2.05) is 6.08 Å². The summed E-state index contributed by atoms with van der Waals surface area (Å²) in [4.78, 5) is 12.7. The molecule has 8 atom stereocenters. The summed E-state index contributed by atoms with van der Waals surface area (Å²) in [7, 11) is 1.64. The first-order valence-corrected chi connectivity index (χ1v) is 10.6. The van der Waals surface area contributed by atoms with E-state index in [0.717, 1.165) is 25.7 Å². The maximum Gasteiger partial charge on any atom is 0.146 e. The molecule has 1 N–H and O–H groups in total. The van der Waals surface area contributed by atoms with Gasteiger partial charge in [-0.05, 0) is 54.8 Å². The van der Waals surface area contributed by atoms with Crippen molar-refractivity contribution in [2.24, 2.45) is 34.0 Å². The van der Waals surface area contributed by atoms with Crippen LogP contribution in [0.1, 0.15) is 66.2 Å². The largest absolute Gasteiger partial charge is 0.393 e. The molecule has 0 amide bonds. The predicted molar refractivity (Wildman–Crippen MR) is 106 cm³/mol. The average molecular weight is 379 g/mol. The molecular weight excluding hydrogens is 340 g/mol. The number of Topliss-reactive ketones (excluding diaryl/α,β-unsaturated/α-hetero) is 1. The highest BCUT2D eigenvalue weighted by atomic mass is 16.7. The molecule has 0 heterocycles. The van der Waals surface area contributed by atoms with Gasteiger partial charge in [-0.25, -0.2) is 0 Å². The Bertz CT molecular complexity index is 589. The SMILES string of the molecule is C=C[C@]1(C)C[C@@H](O)[C@@]2(C)CC3(CCC(=O)C(C[C@H]2C)C3)[C@@H](C)[C@@H]1OCOC. The van der Waals surface area contributed by atoms with E-state index in [2.05, 4.69) is 34.3 Å². The number of fused-ring (bicyclic) bond motifs is 2. The summed E-state index contributed by atoms with van der Waals surface area (Å²) in [5, 5.41) is 11.4. The molecule has 3 fully saturated rings. The first-order valence-electron chi connectivity index (χ1n) is 10.6. The highest BCUT2D eigenvalue weighted by Crippen LogP contribution is 2.63. The normalized spacial score (nSPS) is 50.4. The number of aliphatic hydroxyl groups excluding tert-OH is 1. The summed E-state index contributed by atoms with van der Waals surface area (Å²) < 4.78 is 11.5. The van der Waals surface area contributed by atoms with Gasteiger partial charge in [-0.3, -0.25) is 4.79 Å². The van der Waals surface area contributed by atoms with Gasteiger partial charge in [0.2, 0.25) is 0 Å². The summed E-state index contributed by atoms with van der Waals surface area (Å²) in [5.74, 6) is 1.13. The molecule has 0 aromatic rings.